The second-order valence-corrected chi connectivity index (χ2v) is 6.30. The molecule has 0 fully saturated rings. The molecule has 0 spiro atoms. The van der Waals surface area contributed by atoms with Gasteiger partial charge in [0.05, 0.1) is 21.8 Å². The third-order valence-corrected chi connectivity index (χ3v) is 4.47. The van der Waals surface area contributed by atoms with Crippen LogP contribution in [0.25, 0.3) is 0 Å². The third-order valence-electron chi connectivity index (χ3n) is 3.42. The number of rotatable bonds is 3. The first-order chi connectivity index (χ1) is 10.5. The first-order valence-electron chi connectivity index (χ1n) is 6.85. The summed E-state index contributed by atoms with van der Waals surface area (Å²) in [7, 11) is 0. The number of aromatic carboxylic acids is 1. The molecule has 22 heavy (non-hydrogen) atoms. The lowest BCUT2D eigenvalue weighted by molar-refractivity contribution is -0.118. The van der Waals surface area contributed by atoms with Crippen molar-refractivity contribution in [2.24, 2.45) is 5.10 Å². The molecule has 0 unspecified atom stereocenters. The summed E-state index contributed by atoms with van der Waals surface area (Å²) in [5.74, 6) is -1.07. The molecule has 0 aliphatic carbocycles. The van der Waals surface area contributed by atoms with Crippen LogP contribution in [0.5, 0.6) is 0 Å². The zero-order valence-electron chi connectivity index (χ0n) is 11.9. The van der Waals surface area contributed by atoms with Gasteiger partial charge in [0, 0.05) is 17.7 Å². The lowest BCUT2D eigenvalue weighted by Crippen LogP contribution is -2.31. The molecule has 2 heterocycles. The highest BCUT2D eigenvalue weighted by Gasteiger charge is 2.23. The quantitative estimate of drug-likeness (QED) is 0.945. The lowest BCUT2D eigenvalue weighted by Gasteiger charge is -2.23. The highest BCUT2D eigenvalue weighted by Crippen LogP contribution is 2.25. The summed E-state index contributed by atoms with van der Waals surface area (Å²) in [6.07, 6.45) is 1.03. The van der Waals surface area contributed by atoms with Crippen molar-refractivity contribution < 1.29 is 14.7 Å². The molecule has 1 amide bonds. The topological polar surface area (TPSA) is 70.0 Å². The van der Waals surface area contributed by atoms with Gasteiger partial charge in [-0.25, -0.2) is 9.80 Å². The van der Waals surface area contributed by atoms with E-state index in [0.717, 1.165) is 10.6 Å². The number of carboxylic acid groups (broad SMARTS) is 1. The van der Waals surface area contributed by atoms with Crippen LogP contribution in [0.3, 0.4) is 0 Å². The number of hydrazone groups is 1. The van der Waals surface area contributed by atoms with Crippen molar-refractivity contribution in [3.8, 4) is 0 Å². The monoisotopic (exact) mass is 314 g/mol. The normalized spacial score (nSPS) is 14.9. The van der Waals surface area contributed by atoms with E-state index in [2.05, 4.69) is 5.10 Å². The maximum absolute atomic E-state index is 12.1. The van der Waals surface area contributed by atoms with E-state index in [-0.39, 0.29) is 11.5 Å². The minimum absolute atomic E-state index is 0.0832. The maximum atomic E-state index is 12.1. The fourth-order valence-electron chi connectivity index (χ4n) is 2.27. The Hall–Kier alpha value is -2.47. The fourth-order valence-corrected chi connectivity index (χ4v) is 3.15. The number of amides is 1. The smallest absolute Gasteiger partial charge is 0.335 e. The van der Waals surface area contributed by atoms with Crippen LogP contribution in [-0.4, -0.2) is 22.7 Å². The zero-order valence-corrected chi connectivity index (χ0v) is 12.8. The van der Waals surface area contributed by atoms with Crippen LogP contribution in [0.2, 0.25) is 0 Å². The van der Waals surface area contributed by atoms with E-state index in [4.69, 9.17) is 5.11 Å². The standard InChI is InChI=1S/C16H14N2O3S/c1-10-2-8-14(22-10)13-7-9-15(19)18(17-13)12-5-3-11(4-6-12)16(20)21/h2-6,8H,7,9H2,1H3,(H,20,21). The molecule has 1 aliphatic rings. The van der Waals surface area contributed by atoms with Gasteiger partial charge in [-0.05, 0) is 43.3 Å². The molecule has 0 bridgehead atoms. The Kier molecular flexibility index (Phi) is 3.77. The number of carbonyl (C=O) groups excluding carboxylic acids is 1. The average molecular weight is 314 g/mol. The summed E-state index contributed by atoms with van der Waals surface area (Å²) in [4.78, 5) is 25.3. The minimum atomic E-state index is -0.991. The SMILES string of the molecule is Cc1ccc(C2=NN(c3ccc(C(=O)O)cc3)C(=O)CC2)s1. The lowest BCUT2D eigenvalue weighted by atomic mass is 10.1. The fraction of sp³-hybridized carbons (Fsp3) is 0.188. The van der Waals surface area contributed by atoms with Gasteiger partial charge in [-0.3, -0.25) is 4.79 Å². The Bertz CT molecular complexity index is 762. The van der Waals surface area contributed by atoms with Gasteiger partial charge in [-0.15, -0.1) is 11.3 Å². The predicted octanol–water partition coefficient (Wildman–Crippen LogP) is 3.29. The van der Waals surface area contributed by atoms with Crippen LogP contribution < -0.4 is 5.01 Å². The molecule has 2 aromatic rings. The number of carbonyl (C=O) groups is 2. The van der Waals surface area contributed by atoms with E-state index in [0.29, 0.717) is 18.5 Å². The molecule has 112 valence electrons. The summed E-state index contributed by atoms with van der Waals surface area (Å²) in [5, 5.41) is 14.7. The van der Waals surface area contributed by atoms with E-state index in [9.17, 15) is 9.59 Å². The van der Waals surface area contributed by atoms with E-state index in [1.807, 2.05) is 19.1 Å². The van der Waals surface area contributed by atoms with Crippen molar-refractivity contribution in [1.29, 1.82) is 0 Å². The highest BCUT2D eigenvalue weighted by atomic mass is 32.1. The molecule has 0 saturated heterocycles. The summed E-state index contributed by atoms with van der Waals surface area (Å²) in [6, 6.07) is 10.2. The molecule has 1 N–H and O–H groups in total. The molecule has 3 rings (SSSR count). The van der Waals surface area contributed by atoms with Crippen molar-refractivity contribution in [3.05, 3.63) is 51.7 Å². The molecular weight excluding hydrogens is 300 g/mol. The maximum Gasteiger partial charge on any atom is 0.335 e. The summed E-state index contributed by atoms with van der Waals surface area (Å²) in [5.41, 5.74) is 1.66. The first kappa shape index (κ1) is 14.5. The van der Waals surface area contributed by atoms with E-state index in [1.165, 1.54) is 22.0 Å². The average Bonchev–Trinajstić information content (AvgIpc) is 2.94. The Morgan fingerprint density at radius 2 is 1.91 bits per heavy atom. The van der Waals surface area contributed by atoms with Gasteiger partial charge in [0.2, 0.25) is 5.91 Å². The molecule has 1 aromatic carbocycles. The number of hydrogen-bond donors (Lipinski definition) is 1. The van der Waals surface area contributed by atoms with Crippen molar-refractivity contribution in [2.75, 3.05) is 5.01 Å². The third kappa shape index (κ3) is 2.78. The second kappa shape index (κ2) is 5.73. The van der Waals surface area contributed by atoms with Crippen LogP contribution in [-0.2, 0) is 4.79 Å². The van der Waals surface area contributed by atoms with E-state index in [1.54, 1.807) is 23.5 Å². The molecule has 5 nitrogen and oxygen atoms in total. The van der Waals surface area contributed by atoms with Crippen molar-refractivity contribution >= 4 is 34.6 Å². The molecule has 0 saturated carbocycles. The summed E-state index contributed by atoms with van der Waals surface area (Å²) in [6.45, 7) is 2.03. The zero-order chi connectivity index (χ0) is 15.7. The largest absolute Gasteiger partial charge is 0.478 e. The number of nitrogens with zero attached hydrogens (tertiary/aromatic N) is 2. The van der Waals surface area contributed by atoms with Gasteiger partial charge < -0.3 is 5.11 Å². The summed E-state index contributed by atoms with van der Waals surface area (Å²) >= 11 is 1.65. The van der Waals surface area contributed by atoms with Gasteiger partial charge in [-0.2, -0.15) is 5.10 Å². The van der Waals surface area contributed by atoms with Crippen molar-refractivity contribution in [1.82, 2.24) is 0 Å². The van der Waals surface area contributed by atoms with E-state index >= 15 is 0 Å². The predicted molar refractivity (Wildman–Crippen MR) is 85.7 cm³/mol. The Balaban J connectivity index is 1.93. The van der Waals surface area contributed by atoms with Crippen molar-refractivity contribution in [3.63, 3.8) is 0 Å². The van der Waals surface area contributed by atoms with Gasteiger partial charge >= 0.3 is 5.97 Å². The second-order valence-electron chi connectivity index (χ2n) is 5.01. The van der Waals surface area contributed by atoms with Crippen LogP contribution >= 0.6 is 11.3 Å². The van der Waals surface area contributed by atoms with Crippen LogP contribution in [0.4, 0.5) is 5.69 Å². The molecule has 0 radical (unpaired) electrons. The molecule has 1 aliphatic heterocycles. The Morgan fingerprint density at radius 3 is 2.50 bits per heavy atom. The number of aryl methyl sites for hydroxylation is 1. The molecule has 6 heteroatoms. The number of thiophene rings is 1. The van der Waals surface area contributed by atoms with Crippen LogP contribution in [0, 0.1) is 6.92 Å². The van der Waals surface area contributed by atoms with Gasteiger partial charge in [-0.1, -0.05) is 0 Å². The van der Waals surface area contributed by atoms with E-state index < -0.39 is 5.97 Å². The number of benzene rings is 1. The van der Waals surface area contributed by atoms with Crippen LogP contribution in [0.1, 0.15) is 33.0 Å². The molecule has 0 atom stereocenters. The van der Waals surface area contributed by atoms with Gasteiger partial charge in [0.25, 0.3) is 0 Å². The molecular formula is C16H14N2O3S. The Labute approximate surface area is 131 Å². The van der Waals surface area contributed by atoms with Gasteiger partial charge in [0.15, 0.2) is 0 Å². The first-order valence-corrected chi connectivity index (χ1v) is 7.67. The minimum Gasteiger partial charge on any atom is -0.478 e. The highest BCUT2D eigenvalue weighted by molar-refractivity contribution is 7.14. The number of hydrogen-bond acceptors (Lipinski definition) is 4. The summed E-state index contributed by atoms with van der Waals surface area (Å²) < 4.78 is 0. The number of carboxylic acids is 1. The van der Waals surface area contributed by atoms with Crippen LogP contribution in [0.15, 0.2) is 41.5 Å². The van der Waals surface area contributed by atoms with Crippen molar-refractivity contribution in [2.45, 2.75) is 19.8 Å². The molecule has 1 aromatic heterocycles. The number of anilines is 1. The van der Waals surface area contributed by atoms with Gasteiger partial charge in [0.1, 0.15) is 0 Å². The Morgan fingerprint density at radius 1 is 1.18 bits per heavy atom.